The molecule has 2 heterocycles. The summed E-state index contributed by atoms with van der Waals surface area (Å²) in [6.45, 7) is 2.39. The van der Waals surface area contributed by atoms with Gasteiger partial charge in [0.05, 0.1) is 19.1 Å². The Hall–Kier alpha value is -2.11. The van der Waals surface area contributed by atoms with Crippen LogP contribution >= 0.6 is 0 Å². The number of ether oxygens (including phenoxy) is 1. The number of aromatic nitrogens is 3. The summed E-state index contributed by atoms with van der Waals surface area (Å²) in [6.07, 6.45) is 2.25. The summed E-state index contributed by atoms with van der Waals surface area (Å²) in [7, 11) is 1.33. The highest BCUT2D eigenvalue weighted by atomic mass is 16.5. The topological polar surface area (TPSA) is 70.2 Å². The molecule has 0 spiro atoms. The molecule has 6 heteroatoms. The van der Waals surface area contributed by atoms with Gasteiger partial charge >= 0.3 is 5.97 Å². The van der Waals surface area contributed by atoms with Crippen molar-refractivity contribution in [2.75, 3.05) is 7.11 Å². The van der Waals surface area contributed by atoms with Crippen LogP contribution in [0.2, 0.25) is 0 Å². The largest absolute Gasteiger partial charge is 0.467 e. The van der Waals surface area contributed by atoms with Gasteiger partial charge in [-0.25, -0.2) is 9.48 Å². The molecule has 0 aromatic carbocycles. The van der Waals surface area contributed by atoms with E-state index in [9.17, 15) is 4.79 Å². The number of carbonyl (C=O) groups is 1. The van der Waals surface area contributed by atoms with Crippen molar-refractivity contribution in [3.05, 3.63) is 35.5 Å². The second-order valence-corrected chi connectivity index (χ2v) is 3.47. The quantitative estimate of drug-likeness (QED) is 0.746. The van der Waals surface area contributed by atoms with Crippen LogP contribution in [0.1, 0.15) is 28.9 Å². The first-order chi connectivity index (χ1) is 8.26. The van der Waals surface area contributed by atoms with Crippen LogP contribution in [0.25, 0.3) is 0 Å². The molecule has 0 N–H and O–H groups in total. The second-order valence-electron chi connectivity index (χ2n) is 3.47. The second kappa shape index (κ2) is 4.82. The van der Waals surface area contributed by atoms with E-state index in [1.807, 2.05) is 13.0 Å². The number of methoxy groups -OCH3 is 1. The molecule has 0 amide bonds. The summed E-state index contributed by atoms with van der Waals surface area (Å²) in [5.41, 5.74) is 1.01. The lowest BCUT2D eigenvalue weighted by molar-refractivity contribution is 0.0592. The average Bonchev–Trinajstić information content (AvgIpc) is 2.97. The Balaban J connectivity index is 2.29. The number of esters is 1. The lowest BCUT2D eigenvalue weighted by Crippen LogP contribution is -2.09. The highest BCUT2D eigenvalue weighted by Gasteiger charge is 2.19. The molecular formula is C11H13N3O3. The third-order valence-electron chi connectivity index (χ3n) is 2.44. The molecule has 0 saturated carbocycles. The minimum atomic E-state index is -0.465. The Bertz CT molecular complexity index is 502. The highest BCUT2D eigenvalue weighted by Crippen LogP contribution is 2.11. The zero-order chi connectivity index (χ0) is 12.3. The summed E-state index contributed by atoms with van der Waals surface area (Å²) < 4.78 is 11.5. The minimum absolute atomic E-state index is 0.265. The number of hydrogen-bond acceptors (Lipinski definition) is 5. The summed E-state index contributed by atoms with van der Waals surface area (Å²) >= 11 is 0. The first-order valence-electron chi connectivity index (χ1n) is 5.29. The third-order valence-corrected chi connectivity index (χ3v) is 2.44. The van der Waals surface area contributed by atoms with Crippen molar-refractivity contribution < 1.29 is 13.9 Å². The lowest BCUT2D eigenvalue weighted by atomic mass is 10.2. The number of furan rings is 1. The highest BCUT2D eigenvalue weighted by molar-refractivity contribution is 5.88. The van der Waals surface area contributed by atoms with Crippen LogP contribution in [-0.2, 0) is 17.7 Å². The maximum atomic E-state index is 11.4. The zero-order valence-electron chi connectivity index (χ0n) is 9.71. The Labute approximate surface area is 98.2 Å². The fraction of sp³-hybridized carbons (Fsp3) is 0.364. The number of hydrogen-bond donors (Lipinski definition) is 0. The summed E-state index contributed by atoms with van der Waals surface area (Å²) in [5.74, 6) is 0.300. The van der Waals surface area contributed by atoms with Crippen molar-refractivity contribution in [1.29, 1.82) is 0 Å². The SMILES string of the molecule is CCc1c(C(=O)OC)nnn1Cc1ccco1. The minimum Gasteiger partial charge on any atom is -0.467 e. The van der Waals surface area contributed by atoms with E-state index in [1.165, 1.54) is 7.11 Å². The molecular weight excluding hydrogens is 222 g/mol. The normalized spacial score (nSPS) is 10.5. The van der Waals surface area contributed by atoms with Crippen LogP contribution in [0.4, 0.5) is 0 Å². The first-order valence-corrected chi connectivity index (χ1v) is 5.29. The number of carbonyl (C=O) groups excluding carboxylic acids is 1. The molecule has 0 saturated heterocycles. The van der Waals surface area contributed by atoms with Crippen LogP contribution in [0.3, 0.4) is 0 Å². The van der Waals surface area contributed by atoms with Gasteiger partial charge in [0.2, 0.25) is 0 Å². The average molecular weight is 235 g/mol. The molecule has 0 bridgehead atoms. The van der Waals surface area contributed by atoms with E-state index in [1.54, 1.807) is 17.0 Å². The number of nitrogens with zero attached hydrogens (tertiary/aromatic N) is 3. The summed E-state index contributed by atoms with van der Waals surface area (Å²) in [5, 5.41) is 7.77. The molecule has 0 fully saturated rings. The molecule has 0 aliphatic carbocycles. The summed E-state index contributed by atoms with van der Waals surface area (Å²) in [6, 6.07) is 3.65. The van der Waals surface area contributed by atoms with Gasteiger partial charge in [-0.2, -0.15) is 0 Å². The van der Waals surface area contributed by atoms with Crippen LogP contribution in [0.5, 0.6) is 0 Å². The molecule has 17 heavy (non-hydrogen) atoms. The van der Waals surface area contributed by atoms with Crippen LogP contribution < -0.4 is 0 Å². The molecule has 2 rings (SSSR count). The van der Waals surface area contributed by atoms with Gasteiger partial charge < -0.3 is 9.15 Å². The first kappa shape index (κ1) is 11.4. The van der Waals surface area contributed by atoms with Crippen LogP contribution in [-0.4, -0.2) is 28.1 Å². The summed E-state index contributed by atoms with van der Waals surface area (Å²) in [4.78, 5) is 11.4. The molecule has 0 atom stereocenters. The van der Waals surface area contributed by atoms with Crippen LogP contribution in [0, 0.1) is 0 Å². The molecule has 2 aromatic heterocycles. The molecule has 90 valence electrons. The van der Waals surface area contributed by atoms with Gasteiger partial charge in [0, 0.05) is 0 Å². The van der Waals surface area contributed by atoms with Gasteiger partial charge in [0.25, 0.3) is 0 Å². The standard InChI is InChI=1S/C11H13N3O3/c1-3-9-10(11(15)16-2)12-13-14(9)7-8-5-4-6-17-8/h4-6H,3,7H2,1-2H3. The van der Waals surface area contributed by atoms with Gasteiger partial charge in [-0.3, -0.25) is 0 Å². The van der Waals surface area contributed by atoms with Crippen LogP contribution in [0.15, 0.2) is 22.8 Å². The Kier molecular flexibility index (Phi) is 3.22. The van der Waals surface area contributed by atoms with Gasteiger partial charge in [0.1, 0.15) is 12.3 Å². The molecule has 2 aromatic rings. The monoisotopic (exact) mass is 235 g/mol. The van der Waals surface area contributed by atoms with Crippen molar-refractivity contribution in [3.63, 3.8) is 0 Å². The van der Waals surface area contributed by atoms with E-state index >= 15 is 0 Å². The lowest BCUT2D eigenvalue weighted by Gasteiger charge is -2.03. The van der Waals surface area contributed by atoms with E-state index in [0.29, 0.717) is 13.0 Å². The predicted octanol–water partition coefficient (Wildman–Crippen LogP) is 1.27. The maximum absolute atomic E-state index is 11.4. The van der Waals surface area contributed by atoms with Gasteiger partial charge in [-0.05, 0) is 18.6 Å². The fourth-order valence-electron chi connectivity index (χ4n) is 1.62. The smallest absolute Gasteiger partial charge is 0.360 e. The van der Waals surface area contributed by atoms with Crippen molar-refractivity contribution >= 4 is 5.97 Å². The molecule has 0 radical (unpaired) electrons. The maximum Gasteiger partial charge on any atom is 0.360 e. The van der Waals surface area contributed by atoms with Crippen molar-refractivity contribution in [2.45, 2.75) is 19.9 Å². The molecule has 0 aliphatic rings. The van der Waals surface area contributed by atoms with Crippen molar-refractivity contribution in [2.24, 2.45) is 0 Å². The fourth-order valence-corrected chi connectivity index (χ4v) is 1.62. The van der Waals surface area contributed by atoms with Gasteiger partial charge in [-0.1, -0.05) is 12.1 Å². The third kappa shape index (κ3) is 2.20. The van der Waals surface area contributed by atoms with E-state index in [0.717, 1.165) is 11.5 Å². The van der Waals surface area contributed by atoms with E-state index < -0.39 is 5.97 Å². The Morgan fingerprint density at radius 3 is 3.00 bits per heavy atom. The van der Waals surface area contributed by atoms with E-state index in [-0.39, 0.29) is 5.69 Å². The predicted molar refractivity (Wildman–Crippen MR) is 58.5 cm³/mol. The Morgan fingerprint density at radius 1 is 1.59 bits per heavy atom. The molecule has 6 nitrogen and oxygen atoms in total. The van der Waals surface area contributed by atoms with Crippen molar-refractivity contribution in [1.82, 2.24) is 15.0 Å². The number of rotatable bonds is 4. The van der Waals surface area contributed by atoms with Gasteiger partial charge in [-0.15, -0.1) is 5.10 Å². The van der Waals surface area contributed by atoms with E-state index in [2.05, 4.69) is 15.0 Å². The zero-order valence-corrected chi connectivity index (χ0v) is 9.71. The molecule has 0 aliphatic heterocycles. The van der Waals surface area contributed by atoms with E-state index in [4.69, 9.17) is 4.42 Å². The Morgan fingerprint density at radius 2 is 2.41 bits per heavy atom. The van der Waals surface area contributed by atoms with Crippen molar-refractivity contribution in [3.8, 4) is 0 Å². The molecule has 0 unspecified atom stereocenters. The van der Waals surface area contributed by atoms with Gasteiger partial charge in [0.15, 0.2) is 5.69 Å².